The molecule has 2 N–H and O–H groups in total. The molecule has 0 saturated heterocycles. The molecule has 1 amide bonds. The fourth-order valence-corrected chi connectivity index (χ4v) is 3.08. The first-order valence-electron chi connectivity index (χ1n) is 7.31. The minimum absolute atomic E-state index is 0.00483. The minimum atomic E-state index is -3.93. The Morgan fingerprint density at radius 1 is 1.20 bits per heavy atom. The lowest BCUT2D eigenvalue weighted by atomic mass is 10.2. The minimum Gasteiger partial charge on any atom is -0.497 e. The van der Waals surface area contributed by atoms with E-state index in [9.17, 15) is 13.2 Å². The van der Waals surface area contributed by atoms with Crippen LogP contribution in [-0.4, -0.2) is 54.5 Å². The zero-order valence-corrected chi connectivity index (χ0v) is 15.1. The summed E-state index contributed by atoms with van der Waals surface area (Å²) in [5.74, 6) is 2.23. The van der Waals surface area contributed by atoms with E-state index >= 15 is 0 Å². The van der Waals surface area contributed by atoms with E-state index in [0.29, 0.717) is 5.75 Å². The van der Waals surface area contributed by atoms with Gasteiger partial charge in [-0.15, -0.1) is 12.3 Å². The Labute approximate surface area is 147 Å². The summed E-state index contributed by atoms with van der Waals surface area (Å²) in [5, 5.41) is 2.53. The van der Waals surface area contributed by atoms with Gasteiger partial charge < -0.3 is 19.5 Å². The molecule has 0 aliphatic rings. The van der Waals surface area contributed by atoms with Crippen molar-refractivity contribution in [2.75, 3.05) is 27.9 Å². The van der Waals surface area contributed by atoms with Crippen LogP contribution in [0, 0.1) is 12.3 Å². The summed E-state index contributed by atoms with van der Waals surface area (Å²) in [4.78, 5) is 12.2. The Morgan fingerprint density at radius 2 is 1.80 bits per heavy atom. The summed E-state index contributed by atoms with van der Waals surface area (Å²) in [7, 11) is 0.393. The van der Waals surface area contributed by atoms with Gasteiger partial charge in [0, 0.05) is 20.6 Å². The fraction of sp³-hybridized carbons (Fsp3) is 0.438. The number of hydrogen-bond acceptors (Lipinski definition) is 6. The first-order chi connectivity index (χ1) is 11.9. The third kappa shape index (κ3) is 6.36. The van der Waals surface area contributed by atoms with Gasteiger partial charge in [-0.1, -0.05) is 0 Å². The molecule has 1 rings (SSSR count). The number of terminal acetylenes is 1. The monoisotopic (exact) mass is 370 g/mol. The van der Waals surface area contributed by atoms with Crippen molar-refractivity contribution in [3.05, 3.63) is 24.3 Å². The van der Waals surface area contributed by atoms with E-state index in [-0.39, 0.29) is 17.9 Å². The van der Waals surface area contributed by atoms with Gasteiger partial charge in [-0.3, -0.25) is 4.79 Å². The molecule has 0 aromatic heterocycles. The quantitative estimate of drug-likeness (QED) is 0.447. The molecule has 9 heteroatoms. The molecule has 0 fully saturated rings. The lowest BCUT2D eigenvalue weighted by molar-refractivity contribution is -0.128. The normalized spacial score (nSPS) is 12.4. The van der Waals surface area contributed by atoms with Crippen molar-refractivity contribution in [3.8, 4) is 18.1 Å². The highest BCUT2D eigenvalue weighted by atomic mass is 32.2. The predicted octanol–water partition coefficient (Wildman–Crippen LogP) is 0.101. The molecule has 0 aliphatic carbocycles. The number of sulfonamides is 1. The highest BCUT2D eigenvalue weighted by Crippen LogP contribution is 2.16. The number of nitrogens with one attached hydrogen (secondary N) is 2. The van der Waals surface area contributed by atoms with Gasteiger partial charge in [-0.25, -0.2) is 8.42 Å². The summed E-state index contributed by atoms with van der Waals surface area (Å²) in [6, 6.07) is 4.64. The van der Waals surface area contributed by atoms with Crippen LogP contribution in [-0.2, 0) is 24.3 Å². The van der Waals surface area contributed by atoms with Crippen LogP contribution < -0.4 is 14.8 Å². The van der Waals surface area contributed by atoms with Crippen LogP contribution in [0.5, 0.6) is 5.75 Å². The number of ether oxygens (including phenoxy) is 3. The summed E-state index contributed by atoms with van der Waals surface area (Å²) >= 11 is 0. The Bertz CT molecular complexity index is 692. The van der Waals surface area contributed by atoms with Crippen molar-refractivity contribution in [3.63, 3.8) is 0 Å². The second kappa shape index (κ2) is 10.0. The summed E-state index contributed by atoms with van der Waals surface area (Å²) in [6.07, 6.45) is 4.49. The van der Waals surface area contributed by atoms with Crippen molar-refractivity contribution in [2.24, 2.45) is 0 Å². The van der Waals surface area contributed by atoms with E-state index < -0.39 is 28.3 Å². The molecule has 0 radical (unpaired) electrons. The van der Waals surface area contributed by atoms with Gasteiger partial charge in [-0.05, 0) is 24.3 Å². The van der Waals surface area contributed by atoms with Crippen LogP contribution in [0.1, 0.15) is 6.42 Å². The highest BCUT2D eigenvalue weighted by Gasteiger charge is 2.25. The molecule has 1 aromatic rings. The molecule has 0 heterocycles. The number of carbonyl (C=O) groups is 1. The number of methoxy groups -OCH3 is 3. The predicted molar refractivity (Wildman–Crippen MR) is 91.4 cm³/mol. The number of rotatable bonds is 10. The largest absolute Gasteiger partial charge is 0.497 e. The van der Waals surface area contributed by atoms with Gasteiger partial charge in [0.2, 0.25) is 15.9 Å². The average Bonchev–Trinajstić information content (AvgIpc) is 2.62. The molecular formula is C16H22N2O6S. The van der Waals surface area contributed by atoms with E-state index in [4.69, 9.17) is 20.6 Å². The standard InChI is InChI=1S/C16H22N2O6S/c1-5-6-14(16(19)17-11-15(23-3)24-4)18-25(20,21)13-9-7-12(22-2)8-10-13/h1,7-10,14-15,18H,6,11H2,2-4H3,(H,17,19)/t14-/m1/s1. The second-order valence-corrected chi connectivity index (χ2v) is 6.62. The van der Waals surface area contributed by atoms with Crippen molar-refractivity contribution < 1.29 is 27.4 Å². The highest BCUT2D eigenvalue weighted by molar-refractivity contribution is 7.89. The molecule has 138 valence electrons. The van der Waals surface area contributed by atoms with Crippen molar-refractivity contribution >= 4 is 15.9 Å². The van der Waals surface area contributed by atoms with Gasteiger partial charge in [0.05, 0.1) is 18.6 Å². The first kappa shape index (κ1) is 20.9. The molecule has 0 spiro atoms. The number of carbonyl (C=O) groups excluding carboxylic acids is 1. The average molecular weight is 370 g/mol. The molecule has 0 saturated carbocycles. The molecule has 0 bridgehead atoms. The third-order valence-electron chi connectivity index (χ3n) is 3.27. The maximum absolute atomic E-state index is 12.4. The molecule has 0 unspecified atom stereocenters. The second-order valence-electron chi connectivity index (χ2n) is 4.90. The van der Waals surface area contributed by atoms with E-state index in [1.165, 1.54) is 45.6 Å². The van der Waals surface area contributed by atoms with E-state index in [1.54, 1.807) is 0 Å². The van der Waals surface area contributed by atoms with E-state index in [1.807, 2.05) is 0 Å². The van der Waals surface area contributed by atoms with Gasteiger partial charge in [0.1, 0.15) is 11.8 Å². The smallest absolute Gasteiger partial charge is 0.241 e. The van der Waals surface area contributed by atoms with E-state index in [2.05, 4.69) is 16.0 Å². The molecule has 1 aromatic carbocycles. The Hall–Kier alpha value is -2.12. The maximum atomic E-state index is 12.4. The number of amides is 1. The molecule has 8 nitrogen and oxygen atoms in total. The molecule has 0 aliphatic heterocycles. The van der Waals surface area contributed by atoms with Crippen molar-refractivity contribution in [1.82, 2.24) is 10.0 Å². The first-order valence-corrected chi connectivity index (χ1v) is 8.79. The molecule has 25 heavy (non-hydrogen) atoms. The van der Waals surface area contributed by atoms with Crippen LogP contribution in [0.4, 0.5) is 0 Å². The van der Waals surface area contributed by atoms with Crippen LogP contribution in [0.2, 0.25) is 0 Å². The van der Waals surface area contributed by atoms with Crippen LogP contribution in [0.15, 0.2) is 29.2 Å². The number of hydrogen-bond donors (Lipinski definition) is 2. The lowest BCUT2D eigenvalue weighted by Crippen LogP contribution is -2.48. The summed E-state index contributed by atoms with van der Waals surface area (Å²) < 4.78 is 42.0. The Morgan fingerprint density at radius 3 is 2.28 bits per heavy atom. The Balaban J connectivity index is 2.84. The zero-order chi connectivity index (χ0) is 18.9. The van der Waals surface area contributed by atoms with Crippen molar-refractivity contribution in [2.45, 2.75) is 23.6 Å². The van der Waals surface area contributed by atoms with Crippen molar-refractivity contribution in [1.29, 1.82) is 0 Å². The van der Waals surface area contributed by atoms with Crippen LogP contribution in [0.3, 0.4) is 0 Å². The van der Waals surface area contributed by atoms with Gasteiger partial charge in [0.25, 0.3) is 0 Å². The number of benzene rings is 1. The van der Waals surface area contributed by atoms with Gasteiger partial charge >= 0.3 is 0 Å². The fourth-order valence-electron chi connectivity index (χ4n) is 1.89. The van der Waals surface area contributed by atoms with Gasteiger partial charge in [-0.2, -0.15) is 4.72 Å². The van der Waals surface area contributed by atoms with E-state index in [0.717, 1.165) is 0 Å². The van der Waals surface area contributed by atoms with Gasteiger partial charge in [0.15, 0.2) is 6.29 Å². The molecular weight excluding hydrogens is 348 g/mol. The summed E-state index contributed by atoms with van der Waals surface area (Å²) in [5.41, 5.74) is 0. The zero-order valence-electron chi connectivity index (χ0n) is 14.3. The molecule has 1 atom stereocenters. The lowest BCUT2D eigenvalue weighted by Gasteiger charge is -2.19. The third-order valence-corrected chi connectivity index (χ3v) is 4.76. The SMILES string of the molecule is C#CC[C@@H](NS(=O)(=O)c1ccc(OC)cc1)C(=O)NCC(OC)OC. The van der Waals surface area contributed by atoms with Crippen LogP contribution >= 0.6 is 0 Å². The summed E-state index contributed by atoms with van der Waals surface area (Å²) in [6.45, 7) is 0.0527. The topological polar surface area (TPSA) is 103 Å². The Kier molecular flexibility index (Phi) is 8.37. The van der Waals surface area contributed by atoms with Crippen LogP contribution in [0.25, 0.3) is 0 Å². The maximum Gasteiger partial charge on any atom is 0.241 e.